The van der Waals surface area contributed by atoms with E-state index in [4.69, 9.17) is 18.9 Å². The van der Waals surface area contributed by atoms with E-state index in [-0.39, 0.29) is 17.9 Å². The van der Waals surface area contributed by atoms with Crippen LogP contribution in [0.2, 0.25) is 0 Å². The normalized spacial score (nSPS) is 14.7. The maximum atomic E-state index is 14.9. The predicted molar refractivity (Wildman–Crippen MR) is 109 cm³/mol. The highest BCUT2D eigenvalue weighted by Crippen LogP contribution is 2.36. The van der Waals surface area contributed by atoms with E-state index >= 15 is 0 Å². The first-order valence-electron chi connectivity index (χ1n) is 9.16. The van der Waals surface area contributed by atoms with Crippen molar-refractivity contribution in [2.75, 3.05) is 18.5 Å². The molecule has 0 aliphatic carbocycles. The van der Waals surface area contributed by atoms with Gasteiger partial charge in [0.1, 0.15) is 12.2 Å². The zero-order valence-corrected chi connectivity index (χ0v) is 18.0. The van der Waals surface area contributed by atoms with Gasteiger partial charge in [0.15, 0.2) is 17.9 Å². The van der Waals surface area contributed by atoms with E-state index in [1.807, 2.05) is 6.07 Å². The number of amides is 1. The lowest BCUT2D eigenvalue weighted by Gasteiger charge is -2.19. The molecule has 156 valence electrons. The Balaban J connectivity index is 1.67. The van der Waals surface area contributed by atoms with Crippen LogP contribution in [0, 0.1) is 5.82 Å². The van der Waals surface area contributed by atoms with E-state index in [1.165, 1.54) is 0 Å². The van der Waals surface area contributed by atoms with Gasteiger partial charge in [-0.3, -0.25) is 5.32 Å². The van der Waals surface area contributed by atoms with Crippen molar-refractivity contribution in [3.8, 4) is 5.75 Å². The summed E-state index contributed by atoms with van der Waals surface area (Å²) in [5.74, 6) is -0.442. The SMILES string of the molecule is CC(C)(C)OC(=O)Nc1cccc(COc2ccc(Br)c(C3OCCO3)c2F)c1. The summed E-state index contributed by atoms with van der Waals surface area (Å²) in [4.78, 5) is 11.9. The molecule has 1 N–H and O–H groups in total. The molecule has 8 heteroatoms. The third kappa shape index (κ3) is 5.91. The Morgan fingerprint density at radius 2 is 1.97 bits per heavy atom. The van der Waals surface area contributed by atoms with Gasteiger partial charge in [-0.15, -0.1) is 0 Å². The highest BCUT2D eigenvalue weighted by Gasteiger charge is 2.26. The van der Waals surface area contributed by atoms with E-state index in [0.717, 1.165) is 5.56 Å². The molecule has 0 unspecified atom stereocenters. The molecular formula is C21H23BrFNO5. The van der Waals surface area contributed by atoms with Crippen molar-refractivity contribution in [2.24, 2.45) is 0 Å². The Kier molecular flexibility index (Phi) is 6.77. The minimum atomic E-state index is -0.755. The fourth-order valence-electron chi connectivity index (χ4n) is 2.72. The average molecular weight is 468 g/mol. The van der Waals surface area contributed by atoms with Crippen LogP contribution in [0.3, 0.4) is 0 Å². The summed E-state index contributed by atoms with van der Waals surface area (Å²) in [6.45, 7) is 6.32. The van der Waals surface area contributed by atoms with Crippen LogP contribution in [0.1, 0.15) is 38.2 Å². The summed E-state index contributed by atoms with van der Waals surface area (Å²) >= 11 is 3.33. The second-order valence-corrected chi connectivity index (χ2v) is 8.32. The molecule has 0 bridgehead atoms. The zero-order chi connectivity index (χ0) is 21.0. The smallest absolute Gasteiger partial charge is 0.412 e. The van der Waals surface area contributed by atoms with Gasteiger partial charge in [-0.2, -0.15) is 0 Å². The maximum absolute atomic E-state index is 14.9. The van der Waals surface area contributed by atoms with Gasteiger partial charge < -0.3 is 18.9 Å². The molecule has 3 rings (SSSR count). The van der Waals surface area contributed by atoms with Crippen molar-refractivity contribution in [1.29, 1.82) is 0 Å². The third-order valence-electron chi connectivity index (χ3n) is 3.92. The molecule has 1 aliphatic heterocycles. The molecule has 1 fully saturated rings. The highest BCUT2D eigenvalue weighted by molar-refractivity contribution is 9.10. The second-order valence-electron chi connectivity index (χ2n) is 7.46. The first-order chi connectivity index (χ1) is 13.7. The lowest BCUT2D eigenvalue weighted by molar-refractivity contribution is -0.0473. The maximum Gasteiger partial charge on any atom is 0.412 e. The van der Waals surface area contributed by atoms with Crippen molar-refractivity contribution in [3.05, 3.63) is 57.8 Å². The third-order valence-corrected chi connectivity index (χ3v) is 4.61. The van der Waals surface area contributed by atoms with Crippen LogP contribution in [0.25, 0.3) is 0 Å². The molecule has 0 spiro atoms. The van der Waals surface area contributed by atoms with Gasteiger partial charge >= 0.3 is 6.09 Å². The molecule has 1 heterocycles. The Morgan fingerprint density at radius 3 is 2.66 bits per heavy atom. The van der Waals surface area contributed by atoms with Crippen LogP contribution in [0.4, 0.5) is 14.9 Å². The summed E-state index contributed by atoms with van der Waals surface area (Å²) < 4.78 is 37.2. The molecule has 0 saturated carbocycles. The number of rotatable bonds is 5. The Hall–Kier alpha value is -2.16. The lowest BCUT2D eigenvalue weighted by Crippen LogP contribution is -2.27. The Bertz CT molecular complexity index is 878. The number of nitrogens with one attached hydrogen (secondary N) is 1. The molecule has 0 radical (unpaired) electrons. The van der Waals surface area contributed by atoms with Gasteiger partial charge in [-0.1, -0.05) is 28.1 Å². The average Bonchev–Trinajstić information content (AvgIpc) is 3.14. The van der Waals surface area contributed by atoms with Gasteiger partial charge in [-0.05, 0) is 50.6 Å². The number of halogens is 2. The van der Waals surface area contributed by atoms with Gasteiger partial charge in [-0.25, -0.2) is 9.18 Å². The topological polar surface area (TPSA) is 66.0 Å². The second kappa shape index (κ2) is 9.11. The molecule has 29 heavy (non-hydrogen) atoms. The number of carbonyl (C=O) groups excluding carboxylic acids is 1. The molecule has 6 nitrogen and oxygen atoms in total. The van der Waals surface area contributed by atoms with E-state index in [2.05, 4.69) is 21.2 Å². The van der Waals surface area contributed by atoms with Gasteiger partial charge in [0.25, 0.3) is 0 Å². The minimum absolute atomic E-state index is 0.0906. The molecule has 1 amide bonds. The number of ether oxygens (including phenoxy) is 4. The lowest BCUT2D eigenvalue weighted by atomic mass is 10.2. The number of anilines is 1. The zero-order valence-electron chi connectivity index (χ0n) is 16.5. The van der Waals surface area contributed by atoms with E-state index < -0.39 is 23.8 Å². The fraction of sp³-hybridized carbons (Fsp3) is 0.381. The van der Waals surface area contributed by atoms with Crippen LogP contribution >= 0.6 is 15.9 Å². The van der Waals surface area contributed by atoms with Crippen molar-refractivity contribution >= 4 is 27.7 Å². The molecule has 2 aromatic carbocycles. The monoisotopic (exact) mass is 467 g/mol. The van der Waals surface area contributed by atoms with E-state index in [9.17, 15) is 9.18 Å². The van der Waals surface area contributed by atoms with Gasteiger partial charge in [0.2, 0.25) is 0 Å². The number of carbonyl (C=O) groups is 1. The van der Waals surface area contributed by atoms with Crippen molar-refractivity contribution in [3.63, 3.8) is 0 Å². The Labute approximate surface area is 177 Å². The fourth-order valence-corrected chi connectivity index (χ4v) is 3.22. The standard InChI is InChI=1S/C21H23BrFNO5/c1-21(2,3)29-20(25)24-14-6-4-5-13(11-14)12-28-16-8-7-15(22)17(18(16)23)19-26-9-10-27-19/h4-8,11,19H,9-10,12H2,1-3H3,(H,24,25). The number of benzene rings is 2. The molecule has 1 saturated heterocycles. The van der Waals surface area contributed by atoms with Crippen LogP contribution in [-0.2, 0) is 20.8 Å². The summed E-state index contributed by atoms with van der Waals surface area (Å²) in [6.07, 6.45) is -1.30. The minimum Gasteiger partial charge on any atom is -0.486 e. The molecule has 1 aliphatic rings. The van der Waals surface area contributed by atoms with Crippen LogP contribution in [0.15, 0.2) is 40.9 Å². The van der Waals surface area contributed by atoms with Crippen molar-refractivity contribution in [2.45, 2.75) is 39.3 Å². The van der Waals surface area contributed by atoms with Crippen LogP contribution in [0.5, 0.6) is 5.75 Å². The molecule has 0 aromatic heterocycles. The number of hydrogen-bond acceptors (Lipinski definition) is 5. The summed E-state index contributed by atoms with van der Waals surface area (Å²) in [6, 6.07) is 10.3. The predicted octanol–water partition coefficient (Wildman–Crippen LogP) is 5.56. The van der Waals surface area contributed by atoms with E-state index in [1.54, 1.807) is 51.1 Å². The largest absolute Gasteiger partial charge is 0.486 e. The summed E-state index contributed by atoms with van der Waals surface area (Å²) in [7, 11) is 0. The molecular weight excluding hydrogens is 445 g/mol. The number of hydrogen-bond donors (Lipinski definition) is 1. The van der Waals surface area contributed by atoms with Crippen LogP contribution in [-0.4, -0.2) is 24.9 Å². The van der Waals surface area contributed by atoms with Gasteiger partial charge in [0.05, 0.1) is 18.8 Å². The van der Waals surface area contributed by atoms with Crippen molar-refractivity contribution in [1.82, 2.24) is 0 Å². The first kappa shape index (κ1) is 21.5. The molecule has 2 aromatic rings. The summed E-state index contributed by atoms with van der Waals surface area (Å²) in [5.41, 5.74) is 1.01. The van der Waals surface area contributed by atoms with Crippen molar-refractivity contribution < 1.29 is 28.1 Å². The quantitative estimate of drug-likeness (QED) is 0.623. The van der Waals surface area contributed by atoms with Crippen LogP contribution < -0.4 is 10.1 Å². The van der Waals surface area contributed by atoms with E-state index in [0.29, 0.717) is 23.4 Å². The molecule has 0 atom stereocenters. The Morgan fingerprint density at radius 1 is 1.24 bits per heavy atom. The van der Waals surface area contributed by atoms with Gasteiger partial charge in [0, 0.05) is 10.2 Å². The summed E-state index contributed by atoms with van der Waals surface area (Å²) in [5, 5.41) is 2.67. The highest BCUT2D eigenvalue weighted by atomic mass is 79.9. The first-order valence-corrected chi connectivity index (χ1v) is 9.95.